The molecule has 2 N–H and O–H groups in total. The molecule has 1 aromatic rings. The lowest BCUT2D eigenvalue weighted by Crippen LogP contribution is -1.90. The topological polar surface area (TPSA) is 52.0 Å². The summed E-state index contributed by atoms with van der Waals surface area (Å²) in [6.07, 6.45) is 0.883. The van der Waals surface area contributed by atoms with E-state index in [4.69, 9.17) is 10.2 Å². The highest BCUT2D eigenvalue weighted by atomic mass is 16.4. The van der Waals surface area contributed by atoms with Crippen molar-refractivity contribution in [2.75, 3.05) is 5.73 Å². The largest absolute Gasteiger partial charge is 0.428 e. The number of aromatic nitrogens is 1. The van der Waals surface area contributed by atoms with Crippen LogP contribution in [0.25, 0.3) is 0 Å². The minimum atomic E-state index is 0.283. The number of anilines is 1. The summed E-state index contributed by atoms with van der Waals surface area (Å²) in [5.41, 5.74) is 6.40. The lowest BCUT2D eigenvalue weighted by atomic mass is 10.1. The van der Waals surface area contributed by atoms with Crippen LogP contribution >= 0.6 is 0 Å². The maximum Gasteiger partial charge on any atom is 0.292 e. The Labute approximate surface area is 66.6 Å². The van der Waals surface area contributed by atoms with E-state index < -0.39 is 0 Å². The van der Waals surface area contributed by atoms with Crippen LogP contribution in [-0.2, 0) is 6.42 Å². The van der Waals surface area contributed by atoms with Crippen LogP contribution in [0, 0.1) is 0 Å². The van der Waals surface area contributed by atoms with Crippen LogP contribution < -0.4 is 5.73 Å². The van der Waals surface area contributed by atoms with Gasteiger partial charge in [-0.3, -0.25) is 0 Å². The molecule has 0 unspecified atom stereocenters. The summed E-state index contributed by atoms with van der Waals surface area (Å²) in [7, 11) is 0. The summed E-state index contributed by atoms with van der Waals surface area (Å²) in [4.78, 5) is 4.06. The number of nitrogen functional groups attached to an aromatic ring is 1. The molecule has 0 radical (unpaired) electrons. The normalized spacial score (nSPS) is 10.9. The van der Waals surface area contributed by atoms with E-state index in [1.165, 1.54) is 0 Å². The maximum absolute atomic E-state index is 5.42. The van der Waals surface area contributed by atoms with E-state index in [2.05, 4.69) is 18.8 Å². The molecule has 3 heteroatoms. The lowest BCUT2D eigenvalue weighted by Gasteiger charge is -1.99. The Bertz CT molecular complexity index is 240. The summed E-state index contributed by atoms with van der Waals surface area (Å²) in [6, 6.07) is 0.283. The first kappa shape index (κ1) is 8.11. The SMILES string of the molecule is CCc1nc(N)oc1C(C)C. The number of nitrogens with two attached hydrogens (primary N) is 1. The van der Waals surface area contributed by atoms with Gasteiger partial charge in [0, 0.05) is 5.92 Å². The molecular weight excluding hydrogens is 140 g/mol. The zero-order valence-electron chi connectivity index (χ0n) is 7.22. The second-order valence-electron chi connectivity index (χ2n) is 2.87. The van der Waals surface area contributed by atoms with Crippen molar-refractivity contribution in [1.29, 1.82) is 0 Å². The predicted molar refractivity (Wildman–Crippen MR) is 44.4 cm³/mol. The fourth-order valence-corrected chi connectivity index (χ4v) is 1.09. The molecule has 0 aromatic carbocycles. The van der Waals surface area contributed by atoms with Gasteiger partial charge in [0.25, 0.3) is 6.01 Å². The van der Waals surface area contributed by atoms with Crippen molar-refractivity contribution >= 4 is 6.01 Å². The standard InChI is InChI=1S/C8H14N2O/c1-4-6-7(5(2)3)11-8(9)10-6/h5H,4H2,1-3H3,(H2,9,10). The average Bonchev–Trinajstić information content (AvgIpc) is 2.30. The molecule has 0 fully saturated rings. The van der Waals surface area contributed by atoms with Crippen molar-refractivity contribution in [2.45, 2.75) is 33.1 Å². The lowest BCUT2D eigenvalue weighted by molar-refractivity contribution is 0.495. The van der Waals surface area contributed by atoms with E-state index in [0.717, 1.165) is 17.9 Å². The molecule has 0 saturated carbocycles. The number of hydrogen-bond donors (Lipinski definition) is 1. The Balaban J connectivity index is 3.02. The van der Waals surface area contributed by atoms with Crippen molar-refractivity contribution in [2.24, 2.45) is 0 Å². The van der Waals surface area contributed by atoms with E-state index in [0.29, 0.717) is 5.92 Å². The van der Waals surface area contributed by atoms with E-state index in [-0.39, 0.29) is 6.01 Å². The molecule has 1 rings (SSSR count). The molecule has 0 spiro atoms. The third-order valence-electron chi connectivity index (χ3n) is 1.60. The van der Waals surface area contributed by atoms with E-state index >= 15 is 0 Å². The van der Waals surface area contributed by atoms with Crippen molar-refractivity contribution in [3.63, 3.8) is 0 Å². The zero-order valence-corrected chi connectivity index (χ0v) is 7.22. The summed E-state index contributed by atoms with van der Waals surface area (Å²) >= 11 is 0. The highest BCUT2D eigenvalue weighted by Crippen LogP contribution is 2.21. The van der Waals surface area contributed by atoms with Crippen LogP contribution in [0.2, 0.25) is 0 Å². The Kier molecular flexibility index (Phi) is 2.17. The Morgan fingerprint density at radius 3 is 2.55 bits per heavy atom. The summed E-state index contributed by atoms with van der Waals surface area (Å²) < 4.78 is 5.23. The van der Waals surface area contributed by atoms with Gasteiger partial charge in [0.15, 0.2) is 0 Å². The van der Waals surface area contributed by atoms with Crippen LogP contribution in [0.15, 0.2) is 4.42 Å². The predicted octanol–water partition coefficient (Wildman–Crippen LogP) is 1.94. The van der Waals surface area contributed by atoms with Crippen LogP contribution in [0.5, 0.6) is 0 Å². The van der Waals surface area contributed by atoms with E-state index in [1.807, 2.05) is 6.92 Å². The number of hydrogen-bond acceptors (Lipinski definition) is 3. The summed E-state index contributed by atoms with van der Waals surface area (Å²) in [5.74, 6) is 1.29. The minimum absolute atomic E-state index is 0.283. The van der Waals surface area contributed by atoms with E-state index in [1.54, 1.807) is 0 Å². The zero-order chi connectivity index (χ0) is 8.43. The van der Waals surface area contributed by atoms with Gasteiger partial charge in [-0.25, -0.2) is 0 Å². The number of nitrogens with zero attached hydrogens (tertiary/aromatic N) is 1. The van der Waals surface area contributed by atoms with Crippen LogP contribution in [-0.4, -0.2) is 4.98 Å². The van der Waals surface area contributed by atoms with E-state index in [9.17, 15) is 0 Å². The second-order valence-corrected chi connectivity index (χ2v) is 2.87. The van der Waals surface area contributed by atoms with Crippen molar-refractivity contribution in [1.82, 2.24) is 4.98 Å². The van der Waals surface area contributed by atoms with Gasteiger partial charge in [-0.15, -0.1) is 0 Å². The molecule has 1 heterocycles. The molecule has 0 aliphatic rings. The highest BCUT2D eigenvalue weighted by molar-refractivity contribution is 5.21. The molecule has 1 aromatic heterocycles. The quantitative estimate of drug-likeness (QED) is 0.708. The van der Waals surface area contributed by atoms with Crippen LogP contribution in [0.3, 0.4) is 0 Å². The van der Waals surface area contributed by atoms with Gasteiger partial charge in [0.1, 0.15) is 5.76 Å². The number of aryl methyl sites for hydroxylation is 1. The van der Waals surface area contributed by atoms with Gasteiger partial charge in [-0.1, -0.05) is 20.8 Å². The first-order chi connectivity index (χ1) is 5.15. The molecule has 0 aliphatic heterocycles. The highest BCUT2D eigenvalue weighted by Gasteiger charge is 2.12. The molecule has 0 atom stereocenters. The van der Waals surface area contributed by atoms with Gasteiger partial charge < -0.3 is 10.2 Å². The van der Waals surface area contributed by atoms with Crippen molar-refractivity contribution in [3.8, 4) is 0 Å². The van der Waals surface area contributed by atoms with Gasteiger partial charge in [-0.05, 0) is 6.42 Å². The third kappa shape index (κ3) is 1.53. The van der Waals surface area contributed by atoms with Crippen molar-refractivity contribution < 1.29 is 4.42 Å². The fraction of sp³-hybridized carbons (Fsp3) is 0.625. The fourth-order valence-electron chi connectivity index (χ4n) is 1.09. The minimum Gasteiger partial charge on any atom is -0.428 e. The van der Waals surface area contributed by atoms with Crippen molar-refractivity contribution in [3.05, 3.63) is 11.5 Å². The monoisotopic (exact) mass is 154 g/mol. The smallest absolute Gasteiger partial charge is 0.292 e. The molecule has 0 amide bonds. The Morgan fingerprint density at radius 2 is 2.18 bits per heavy atom. The molecule has 11 heavy (non-hydrogen) atoms. The molecule has 0 aliphatic carbocycles. The van der Waals surface area contributed by atoms with Gasteiger partial charge in [0.2, 0.25) is 0 Å². The van der Waals surface area contributed by atoms with Crippen LogP contribution in [0.4, 0.5) is 6.01 Å². The molecule has 3 nitrogen and oxygen atoms in total. The maximum atomic E-state index is 5.42. The molecule has 0 saturated heterocycles. The Morgan fingerprint density at radius 1 is 1.55 bits per heavy atom. The molecule has 62 valence electrons. The Hall–Kier alpha value is -0.990. The first-order valence-corrected chi connectivity index (χ1v) is 3.90. The first-order valence-electron chi connectivity index (χ1n) is 3.90. The molecule has 0 bridgehead atoms. The summed E-state index contributed by atoms with van der Waals surface area (Å²) in [6.45, 7) is 6.18. The average molecular weight is 154 g/mol. The number of oxazole rings is 1. The number of rotatable bonds is 2. The van der Waals surface area contributed by atoms with Gasteiger partial charge in [-0.2, -0.15) is 4.98 Å². The van der Waals surface area contributed by atoms with Gasteiger partial charge >= 0.3 is 0 Å². The molecular formula is C8H14N2O. The van der Waals surface area contributed by atoms with Crippen LogP contribution in [0.1, 0.15) is 38.1 Å². The summed E-state index contributed by atoms with van der Waals surface area (Å²) in [5, 5.41) is 0. The third-order valence-corrected chi connectivity index (χ3v) is 1.60. The van der Waals surface area contributed by atoms with Gasteiger partial charge in [0.05, 0.1) is 5.69 Å². The second kappa shape index (κ2) is 2.95.